The van der Waals surface area contributed by atoms with E-state index in [-0.39, 0.29) is 17.4 Å². The number of nitrogens with zero attached hydrogens (tertiary/aromatic N) is 1. The van der Waals surface area contributed by atoms with E-state index in [0.29, 0.717) is 17.0 Å². The fourth-order valence-electron chi connectivity index (χ4n) is 4.00. The summed E-state index contributed by atoms with van der Waals surface area (Å²) in [6.45, 7) is 3.65. The van der Waals surface area contributed by atoms with Gasteiger partial charge in [0.05, 0.1) is 5.54 Å². The van der Waals surface area contributed by atoms with Crippen LogP contribution in [0.4, 0.5) is 4.39 Å². The first-order valence-electron chi connectivity index (χ1n) is 9.13. The third-order valence-corrected chi connectivity index (χ3v) is 5.81. The zero-order valence-electron chi connectivity index (χ0n) is 15.2. The monoisotopic (exact) mass is 374 g/mol. The minimum absolute atomic E-state index is 0.0459. The number of amides is 1. The quantitative estimate of drug-likeness (QED) is 0.741. The highest BCUT2D eigenvalue weighted by Crippen LogP contribution is 2.44. The number of benzene rings is 1. The lowest BCUT2D eigenvalue weighted by atomic mass is 9.70. The van der Waals surface area contributed by atoms with E-state index in [1.807, 2.05) is 37.3 Å². The molecular weight excluding hydrogens is 351 g/mol. The molecule has 0 aliphatic heterocycles. The number of hydrogen-bond donors (Lipinski definition) is 1. The highest BCUT2D eigenvalue weighted by Gasteiger charge is 2.38. The molecule has 3 nitrogen and oxygen atoms in total. The molecule has 1 fully saturated rings. The molecule has 0 unspecified atom stereocenters. The van der Waals surface area contributed by atoms with Crippen molar-refractivity contribution in [2.75, 3.05) is 0 Å². The number of aromatic nitrogens is 1. The molecule has 138 valence electrons. The summed E-state index contributed by atoms with van der Waals surface area (Å²) < 4.78 is 13.8. The van der Waals surface area contributed by atoms with Crippen molar-refractivity contribution in [2.45, 2.75) is 57.4 Å². The predicted octanol–water partition coefficient (Wildman–Crippen LogP) is 5.26. The topological polar surface area (TPSA) is 42.0 Å². The summed E-state index contributed by atoms with van der Waals surface area (Å²) in [7, 11) is 0. The second-order valence-corrected chi connectivity index (χ2v) is 7.52. The van der Waals surface area contributed by atoms with Gasteiger partial charge in [0.1, 0.15) is 0 Å². The maximum Gasteiger partial charge on any atom is 0.220 e. The van der Waals surface area contributed by atoms with Crippen LogP contribution in [0.2, 0.25) is 5.02 Å². The lowest BCUT2D eigenvalue weighted by molar-refractivity contribution is -0.123. The molecule has 1 heterocycles. The lowest BCUT2D eigenvalue weighted by Gasteiger charge is -2.42. The van der Waals surface area contributed by atoms with E-state index in [1.165, 1.54) is 6.20 Å². The number of nitrogens with one attached hydrogen (secondary N) is 1. The van der Waals surface area contributed by atoms with Crippen molar-refractivity contribution in [3.05, 3.63) is 64.2 Å². The number of hydrogen-bond acceptors (Lipinski definition) is 2. The molecule has 5 heteroatoms. The van der Waals surface area contributed by atoms with Crippen LogP contribution in [-0.4, -0.2) is 10.9 Å². The number of pyridine rings is 1. The number of halogens is 2. The Balaban J connectivity index is 1.86. The highest BCUT2D eigenvalue weighted by atomic mass is 35.5. The molecule has 3 rings (SSSR count). The van der Waals surface area contributed by atoms with Crippen LogP contribution in [-0.2, 0) is 10.3 Å². The van der Waals surface area contributed by atoms with Crippen LogP contribution in [0.25, 0.3) is 0 Å². The van der Waals surface area contributed by atoms with E-state index in [9.17, 15) is 9.18 Å². The van der Waals surface area contributed by atoms with Gasteiger partial charge in [0, 0.05) is 23.2 Å². The Morgan fingerprint density at radius 3 is 2.54 bits per heavy atom. The predicted molar refractivity (Wildman–Crippen MR) is 102 cm³/mol. The standard InChI is InChI=1S/C21H24ClFN2O/c1-3-19(26)25-21(16-4-6-17(22)7-5-16)11-8-15(9-12-21)18-10-13-24-20(23)14(18)2/h4-7,10,13,15H,3,8-9,11-12H2,1-2H3,(H,25,26). The van der Waals surface area contributed by atoms with Crippen molar-refractivity contribution in [3.8, 4) is 0 Å². The molecule has 0 bridgehead atoms. The summed E-state index contributed by atoms with van der Waals surface area (Å²) in [5, 5.41) is 3.93. The Kier molecular flexibility index (Phi) is 5.61. The molecular formula is C21H24ClFN2O. The minimum atomic E-state index is -0.392. The van der Waals surface area contributed by atoms with Crippen molar-refractivity contribution < 1.29 is 9.18 Å². The van der Waals surface area contributed by atoms with Gasteiger partial charge in [-0.3, -0.25) is 4.79 Å². The Bertz CT molecular complexity index is 783. The average Bonchev–Trinajstić information content (AvgIpc) is 2.65. The SMILES string of the molecule is CCC(=O)NC1(c2ccc(Cl)cc2)CCC(c2ccnc(F)c2C)CC1. The molecule has 1 saturated carbocycles. The molecule has 0 atom stereocenters. The summed E-state index contributed by atoms with van der Waals surface area (Å²) >= 11 is 6.04. The Labute approximate surface area is 159 Å². The zero-order chi connectivity index (χ0) is 18.7. The van der Waals surface area contributed by atoms with Crippen molar-refractivity contribution in [1.82, 2.24) is 10.3 Å². The van der Waals surface area contributed by atoms with Gasteiger partial charge in [0.25, 0.3) is 0 Å². The van der Waals surface area contributed by atoms with Crippen molar-refractivity contribution in [3.63, 3.8) is 0 Å². The third-order valence-electron chi connectivity index (χ3n) is 5.56. The second-order valence-electron chi connectivity index (χ2n) is 7.08. The number of carbonyl (C=O) groups excluding carboxylic acids is 1. The summed E-state index contributed by atoms with van der Waals surface area (Å²) in [4.78, 5) is 15.9. The molecule has 1 N–H and O–H groups in total. The van der Waals surface area contributed by atoms with Crippen LogP contribution >= 0.6 is 11.6 Å². The van der Waals surface area contributed by atoms with Crippen LogP contribution in [0, 0.1) is 12.9 Å². The van der Waals surface area contributed by atoms with Crippen LogP contribution in [0.1, 0.15) is 61.6 Å². The molecule has 1 aromatic carbocycles. The van der Waals surface area contributed by atoms with Crippen molar-refractivity contribution >= 4 is 17.5 Å². The minimum Gasteiger partial charge on any atom is -0.347 e. The molecule has 1 amide bonds. The zero-order valence-corrected chi connectivity index (χ0v) is 15.9. The molecule has 1 aliphatic rings. The molecule has 0 spiro atoms. The summed E-state index contributed by atoms with van der Waals surface area (Å²) in [6, 6.07) is 9.64. The fraction of sp³-hybridized carbons (Fsp3) is 0.429. The van der Waals surface area contributed by atoms with Gasteiger partial charge >= 0.3 is 0 Å². The Morgan fingerprint density at radius 1 is 1.27 bits per heavy atom. The van der Waals surface area contributed by atoms with Gasteiger partial charge in [0.2, 0.25) is 11.9 Å². The van der Waals surface area contributed by atoms with Crippen LogP contribution < -0.4 is 5.32 Å². The Hall–Kier alpha value is -1.94. The average molecular weight is 375 g/mol. The smallest absolute Gasteiger partial charge is 0.220 e. The normalized spacial score (nSPS) is 22.8. The van der Waals surface area contributed by atoms with Gasteiger partial charge in [-0.2, -0.15) is 4.39 Å². The summed E-state index contributed by atoms with van der Waals surface area (Å²) in [5.41, 5.74) is 2.37. The highest BCUT2D eigenvalue weighted by molar-refractivity contribution is 6.30. The molecule has 2 aromatic rings. The van der Waals surface area contributed by atoms with Crippen LogP contribution in [0.15, 0.2) is 36.5 Å². The first-order chi connectivity index (χ1) is 12.4. The second kappa shape index (κ2) is 7.75. The first kappa shape index (κ1) is 18.8. The number of carbonyl (C=O) groups is 1. The van der Waals surface area contributed by atoms with Crippen molar-refractivity contribution in [2.24, 2.45) is 0 Å². The van der Waals surface area contributed by atoms with E-state index in [1.54, 1.807) is 6.92 Å². The Morgan fingerprint density at radius 2 is 1.92 bits per heavy atom. The molecule has 1 aliphatic carbocycles. The van der Waals surface area contributed by atoms with Crippen LogP contribution in [0.3, 0.4) is 0 Å². The summed E-state index contributed by atoms with van der Waals surface area (Å²) in [5.74, 6) is -0.0627. The summed E-state index contributed by atoms with van der Waals surface area (Å²) in [6.07, 6.45) is 5.39. The largest absolute Gasteiger partial charge is 0.347 e. The fourth-order valence-corrected chi connectivity index (χ4v) is 4.12. The van der Waals surface area contributed by atoms with Gasteiger partial charge in [-0.25, -0.2) is 4.98 Å². The van der Waals surface area contributed by atoms with Gasteiger partial charge < -0.3 is 5.32 Å². The van der Waals surface area contributed by atoms with Gasteiger partial charge in [-0.1, -0.05) is 30.7 Å². The lowest BCUT2D eigenvalue weighted by Crippen LogP contribution is -2.47. The van der Waals surface area contributed by atoms with E-state index in [2.05, 4.69) is 10.3 Å². The van der Waals surface area contributed by atoms with Crippen molar-refractivity contribution in [1.29, 1.82) is 0 Å². The van der Waals surface area contributed by atoms with Gasteiger partial charge in [-0.15, -0.1) is 0 Å². The van der Waals surface area contributed by atoms with E-state index >= 15 is 0 Å². The maximum atomic E-state index is 13.8. The van der Waals surface area contributed by atoms with Gasteiger partial charge in [0.15, 0.2) is 0 Å². The van der Waals surface area contributed by atoms with E-state index < -0.39 is 5.95 Å². The first-order valence-corrected chi connectivity index (χ1v) is 9.51. The van der Waals surface area contributed by atoms with E-state index in [0.717, 1.165) is 36.8 Å². The third kappa shape index (κ3) is 3.75. The molecule has 26 heavy (non-hydrogen) atoms. The van der Waals surface area contributed by atoms with E-state index in [4.69, 9.17) is 11.6 Å². The van der Waals surface area contributed by atoms with Gasteiger partial charge in [-0.05, 0) is 67.9 Å². The van der Waals surface area contributed by atoms with Crippen LogP contribution in [0.5, 0.6) is 0 Å². The molecule has 0 saturated heterocycles. The molecule has 1 aromatic heterocycles. The molecule has 0 radical (unpaired) electrons. The number of rotatable bonds is 4. The maximum absolute atomic E-state index is 13.8.